The van der Waals surface area contributed by atoms with Gasteiger partial charge in [0.1, 0.15) is 0 Å². The van der Waals surface area contributed by atoms with Crippen LogP contribution < -0.4 is 5.73 Å². The topological polar surface area (TPSA) is 26.0 Å². The molecule has 1 rings (SSSR count). The van der Waals surface area contributed by atoms with Gasteiger partial charge in [-0.15, -0.1) is 0 Å². The fraction of sp³-hybridized carbons (Fsp3) is 0.455. The van der Waals surface area contributed by atoms with Crippen molar-refractivity contribution in [1.82, 2.24) is 0 Å². The van der Waals surface area contributed by atoms with Crippen LogP contribution in [0.2, 0.25) is 10.0 Å². The van der Waals surface area contributed by atoms with Crippen LogP contribution in [0.25, 0.3) is 0 Å². The van der Waals surface area contributed by atoms with Gasteiger partial charge in [-0.2, -0.15) is 13.2 Å². The van der Waals surface area contributed by atoms with Gasteiger partial charge >= 0.3 is 6.18 Å². The quantitative estimate of drug-likeness (QED) is 0.887. The van der Waals surface area contributed by atoms with Crippen LogP contribution in [0.15, 0.2) is 18.2 Å². The molecule has 0 aliphatic rings. The molecule has 1 unspecified atom stereocenters. The van der Waals surface area contributed by atoms with Gasteiger partial charge in [-0.25, -0.2) is 0 Å². The average Bonchev–Trinajstić information content (AvgIpc) is 2.20. The number of hydrogen-bond donors (Lipinski definition) is 1. The Bertz CT molecular complexity index is 359. The van der Waals surface area contributed by atoms with Crippen LogP contribution >= 0.6 is 23.2 Å². The van der Waals surface area contributed by atoms with Gasteiger partial charge in [0.25, 0.3) is 0 Å². The fourth-order valence-corrected chi connectivity index (χ4v) is 2.11. The van der Waals surface area contributed by atoms with Crippen molar-refractivity contribution >= 4 is 23.2 Å². The number of alkyl halides is 3. The van der Waals surface area contributed by atoms with Crippen LogP contribution in [0.4, 0.5) is 13.2 Å². The molecule has 1 nitrogen and oxygen atoms in total. The maximum atomic E-state index is 12.7. The summed E-state index contributed by atoms with van der Waals surface area (Å²) in [4.78, 5) is 0. The lowest BCUT2D eigenvalue weighted by atomic mass is 9.95. The lowest BCUT2D eigenvalue weighted by Gasteiger charge is -2.20. The van der Waals surface area contributed by atoms with E-state index in [1.165, 1.54) is 12.1 Å². The van der Waals surface area contributed by atoms with Crippen molar-refractivity contribution in [3.05, 3.63) is 33.8 Å². The van der Waals surface area contributed by atoms with Gasteiger partial charge in [-0.05, 0) is 37.1 Å². The molecule has 1 aromatic rings. The van der Waals surface area contributed by atoms with Crippen molar-refractivity contribution < 1.29 is 13.2 Å². The summed E-state index contributed by atoms with van der Waals surface area (Å²) in [6.07, 6.45) is -4.66. The molecule has 6 heteroatoms. The Kier molecular flexibility index (Phi) is 5.10. The maximum absolute atomic E-state index is 12.7. The Labute approximate surface area is 108 Å². The fourth-order valence-electron chi connectivity index (χ4n) is 1.56. The molecule has 1 atom stereocenters. The van der Waals surface area contributed by atoms with Crippen LogP contribution in [-0.2, 0) is 6.42 Å². The summed E-state index contributed by atoms with van der Waals surface area (Å²) in [5.74, 6) is -1.51. The molecule has 0 aromatic heterocycles. The number of hydrogen-bond acceptors (Lipinski definition) is 1. The monoisotopic (exact) mass is 285 g/mol. The minimum atomic E-state index is -4.29. The zero-order valence-electron chi connectivity index (χ0n) is 8.90. The molecule has 0 aliphatic heterocycles. The SMILES string of the molecule is NCCC(Cc1c(Cl)cccc1Cl)C(F)(F)F. The van der Waals surface area contributed by atoms with Gasteiger partial charge in [0, 0.05) is 10.0 Å². The molecule has 96 valence electrons. The van der Waals surface area contributed by atoms with Crippen molar-refractivity contribution in [2.24, 2.45) is 11.7 Å². The zero-order valence-corrected chi connectivity index (χ0v) is 10.4. The molecular weight excluding hydrogens is 274 g/mol. The first kappa shape index (κ1) is 14.6. The summed E-state index contributed by atoms with van der Waals surface area (Å²) < 4.78 is 38.1. The molecule has 0 heterocycles. The molecule has 0 fully saturated rings. The Balaban J connectivity index is 2.94. The Morgan fingerprint density at radius 2 is 1.71 bits per heavy atom. The summed E-state index contributed by atoms with van der Waals surface area (Å²) in [7, 11) is 0. The lowest BCUT2D eigenvalue weighted by molar-refractivity contribution is -0.175. The minimum Gasteiger partial charge on any atom is -0.330 e. The number of halogens is 5. The van der Waals surface area contributed by atoms with Gasteiger partial charge in [-0.3, -0.25) is 0 Å². The third kappa shape index (κ3) is 4.05. The van der Waals surface area contributed by atoms with Crippen LogP contribution in [0, 0.1) is 5.92 Å². The van der Waals surface area contributed by atoms with Crippen molar-refractivity contribution in [2.75, 3.05) is 6.54 Å². The van der Waals surface area contributed by atoms with Crippen molar-refractivity contribution in [3.63, 3.8) is 0 Å². The highest BCUT2D eigenvalue weighted by Gasteiger charge is 2.39. The average molecular weight is 286 g/mol. The van der Waals surface area contributed by atoms with E-state index in [0.717, 1.165) is 0 Å². The third-order valence-corrected chi connectivity index (χ3v) is 3.20. The second kappa shape index (κ2) is 5.94. The molecule has 0 saturated heterocycles. The van der Waals surface area contributed by atoms with Gasteiger partial charge in [0.05, 0.1) is 5.92 Å². The Morgan fingerprint density at radius 1 is 1.18 bits per heavy atom. The number of rotatable bonds is 4. The van der Waals surface area contributed by atoms with E-state index in [-0.39, 0.29) is 29.4 Å². The summed E-state index contributed by atoms with van der Waals surface area (Å²) in [5.41, 5.74) is 5.52. The van der Waals surface area contributed by atoms with E-state index >= 15 is 0 Å². The molecule has 0 bridgehead atoms. The van der Waals surface area contributed by atoms with Gasteiger partial charge in [0.2, 0.25) is 0 Å². The highest BCUT2D eigenvalue weighted by molar-refractivity contribution is 6.35. The first-order chi connectivity index (χ1) is 7.86. The predicted octanol–water partition coefficient (Wildman–Crippen LogP) is 4.06. The van der Waals surface area contributed by atoms with Gasteiger partial charge in [0.15, 0.2) is 0 Å². The molecule has 0 amide bonds. The number of benzene rings is 1. The van der Waals surface area contributed by atoms with Crippen molar-refractivity contribution in [1.29, 1.82) is 0 Å². The largest absolute Gasteiger partial charge is 0.392 e. The molecule has 0 radical (unpaired) electrons. The van der Waals surface area contributed by atoms with E-state index in [4.69, 9.17) is 28.9 Å². The Hall–Kier alpha value is -0.450. The first-order valence-electron chi connectivity index (χ1n) is 5.06. The number of nitrogens with two attached hydrogens (primary N) is 1. The first-order valence-corrected chi connectivity index (χ1v) is 5.81. The van der Waals surface area contributed by atoms with E-state index in [1.54, 1.807) is 6.07 Å². The highest BCUT2D eigenvalue weighted by atomic mass is 35.5. The minimum absolute atomic E-state index is 0.0216. The molecular formula is C11H12Cl2F3N. The summed E-state index contributed by atoms with van der Waals surface area (Å²) >= 11 is 11.7. The normalized spacial score (nSPS) is 13.8. The van der Waals surface area contributed by atoms with E-state index in [0.29, 0.717) is 5.56 Å². The third-order valence-electron chi connectivity index (χ3n) is 2.49. The Morgan fingerprint density at radius 3 is 2.12 bits per heavy atom. The van der Waals surface area contributed by atoms with E-state index < -0.39 is 12.1 Å². The van der Waals surface area contributed by atoms with Crippen LogP contribution in [0.5, 0.6) is 0 Å². The molecule has 1 aromatic carbocycles. The van der Waals surface area contributed by atoms with Crippen LogP contribution in [0.1, 0.15) is 12.0 Å². The van der Waals surface area contributed by atoms with Crippen LogP contribution in [0.3, 0.4) is 0 Å². The molecule has 0 aliphatic carbocycles. The highest BCUT2D eigenvalue weighted by Crippen LogP contribution is 2.35. The standard InChI is InChI=1S/C11H12Cl2F3N/c12-9-2-1-3-10(13)8(9)6-7(4-5-17)11(14,15)16/h1-3,7H,4-6,17H2. The van der Waals surface area contributed by atoms with E-state index in [9.17, 15) is 13.2 Å². The lowest BCUT2D eigenvalue weighted by Crippen LogP contribution is -2.27. The summed E-state index contributed by atoms with van der Waals surface area (Å²) in [6, 6.07) is 4.65. The zero-order chi connectivity index (χ0) is 13.1. The smallest absolute Gasteiger partial charge is 0.330 e. The molecule has 0 saturated carbocycles. The molecule has 2 N–H and O–H groups in total. The van der Waals surface area contributed by atoms with Gasteiger partial charge < -0.3 is 5.73 Å². The van der Waals surface area contributed by atoms with Gasteiger partial charge in [-0.1, -0.05) is 29.3 Å². The molecule has 0 spiro atoms. The predicted molar refractivity (Wildman–Crippen MR) is 63.4 cm³/mol. The van der Waals surface area contributed by atoms with Crippen molar-refractivity contribution in [3.8, 4) is 0 Å². The summed E-state index contributed by atoms with van der Waals surface area (Å²) in [6.45, 7) is -0.0216. The molecule has 17 heavy (non-hydrogen) atoms. The summed E-state index contributed by atoms with van der Waals surface area (Å²) in [5, 5.41) is 0.507. The second-order valence-corrected chi connectivity index (χ2v) is 4.53. The van der Waals surface area contributed by atoms with Crippen LogP contribution in [-0.4, -0.2) is 12.7 Å². The second-order valence-electron chi connectivity index (χ2n) is 3.72. The van der Waals surface area contributed by atoms with E-state index in [2.05, 4.69) is 0 Å². The van der Waals surface area contributed by atoms with E-state index in [1.807, 2.05) is 0 Å². The maximum Gasteiger partial charge on any atom is 0.392 e. The van der Waals surface area contributed by atoms with Crippen molar-refractivity contribution in [2.45, 2.75) is 19.0 Å².